The van der Waals surface area contributed by atoms with E-state index in [0.29, 0.717) is 12.0 Å². The average Bonchev–Trinajstić information content (AvgIpc) is 3.00. The molecule has 0 aromatic heterocycles. The summed E-state index contributed by atoms with van der Waals surface area (Å²) in [5.41, 5.74) is -0.253. The number of hydrogen-bond donors (Lipinski definition) is 1. The normalized spacial score (nSPS) is 22.4. The van der Waals surface area contributed by atoms with Gasteiger partial charge in [-0.1, -0.05) is 27.2 Å². The molecule has 0 saturated heterocycles. The fraction of sp³-hybridized carbons (Fsp3) is 0.917. The van der Waals surface area contributed by atoms with E-state index in [2.05, 4.69) is 32.2 Å². The molecule has 1 aliphatic carbocycles. The van der Waals surface area contributed by atoms with Crippen LogP contribution in [0, 0.1) is 17.2 Å². The highest BCUT2D eigenvalue weighted by molar-refractivity contribution is 5.09. The van der Waals surface area contributed by atoms with Crippen molar-refractivity contribution in [2.24, 2.45) is 5.92 Å². The van der Waals surface area contributed by atoms with Gasteiger partial charge in [0.15, 0.2) is 0 Å². The molecule has 2 unspecified atom stereocenters. The summed E-state index contributed by atoms with van der Waals surface area (Å²) in [6.45, 7) is 6.54. The zero-order valence-electron chi connectivity index (χ0n) is 9.64. The predicted octanol–water partition coefficient (Wildman–Crippen LogP) is 2.85. The lowest BCUT2D eigenvalue weighted by Crippen LogP contribution is -2.45. The van der Waals surface area contributed by atoms with E-state index >= 15 is 0 Å². The van der Waals surface area contributed by atoms with E-state index in [9.17, 15) is 5.26 Å². The monoisotopic (exact) mass is 194 g/mol. The van der Waals surface area contributed by atoms with Crippen LogP contribution in [-0.2, 0) is 0 Å². The number of nitrogens with one attached hydrogen (secondary N) is 1. The Morgan fingerprint density at radius 1 is 1.50 bits per heavy atom. The summed E-state index contributed by atoms with van der Waals surface area (Å²) in [6.07, 6.45) is 5.58. The summed E-state index contributed by atoms with van der Waals surface area (Å²) in [6, 6.07) is 3.11. The first-order valence-electron chi connectivity index (χ1n) is 5.84. The van der Waals surface area contributed by atoms with Crippen molar-refractivity contribution in [3.8, 4) is 6.07 Å². The molecule has 2 atom stereocenters. The molecule has 0 radical (unpaired) electrons. The summed E-state index contributed by atoms with van der Waals surface area (Å²) in [7, 11) is 0. The predicted molar refractivity (Wildman–Crippen MR) is 58.9 cm³/mol. The van der Waals surface area contributed by atoms with Crippen LogP contribution in [0.4, 0.5) is 0 Å². The van der Waals surface area contributed by atoms with Crippen molar-refractivity contribution < 1.29 is 0 Å². The van der Waals surface area contributed by atoms with Gasteiger partial charge in [0.1, 0.15) is 5.54 Å². The third-order valence-electron chi connectivity index (χ3n) is 3.27. The van der Waals surface area contributed by atoms with Crippen LogP contribution in [0.15, 0.2) is 0 Å². The molecule has 1 aliphatic rings. The van der Waals surface area contributed by atoms with Crippen LogP contribution < -0.4 is 5.32 Å². The molecule has 0 bridgehead atoms. The molecule has 0 amide bonds. The van der Waals surface area contributed by atoms with Crippen LogP contribution in [0.2, 0.25) is 0 Å². The maximum Gasteiger partial charge on any atom is 0.106 e. The third kappa shape index (κ3) is 2.99. The molecule has 0 spiro atoms. The first-order chi connectivity index (χ1) is 6.65. The second-order valence-corrected chi connectivity index (χ2v) is 4.68. The van der Waals surface area contributed by atoms with E-state index in [1.807, 2.05) is 0 Å². The minimum Gasteiger partial charge on any atom is -0.297 e. The second kappa shape index (κ2) is 4.79. The Morgan fingerprint density at radius 3 is 2.50 bits per heavy atom. The lowest BCUT2D eigenvalue weighted by molar-refractivity contribution is 0.311. The molecule has 1 saturated carbocycles. The van der Waals surface area contributed by atoms with Crippen molar-refractivity contribution in [1.29, 1.82) is 5.26 Å². The van der Waals surface area contributed by atoms with E-state index < -0.39 is 0 Å². The van der Waals surface area contributed by atoms with Gasteiger partial charge in [-0.3, -0.25) is 5.32 Å². The maximum atomic E-state index is 9.29. The molecule has 0 heterocycles. The van der Waals surface area contributed by atoms with Gasteiger partial charge in [0.25, 0.3) is 0 Å². The Kier molecular flexibility index (Phi) is 3.95. The number of rotatable bonds is 6. The molecular weight excluding hydrogens is 172 g/mol. The molecule has 2 nitrogen and oxygen atoms in total. The molecular formula is C12H22N2. The van der Waals surface area contributed by atoms with Gasteiger partial charge in [-0.2, -0.15) is 5.26 Å². The van der Waals surface area contributed by atoms with E-state index in [1.165, 1.54) is 12.8 Å². The molecule has 1 fully saturated rings. The van der Waals surface area contributed by atoms with Gasteiger partial charge >= 0.3 is 0 Å². The average molecular weight is 194 g/mol. The molecule has 14 heavy (non-hydrogen) atoms. The van der Waals surface area contributed by atoms with Crippen LogP contribution in [-0.4, -0.2) is 11.6 Å². The Morgan fingerprint density at radius 2 is 2.14 bits per heavy atom. The molecule has 80 valence electrons. The lowest BCUT2D eigenvalue weighted by atomic mass is 9.86. The van der Waals surface area contributed by atoms with Gasteiger partial charge in [0.2, 0.25) is 0 Å². The van der Waals surface area contributed by atoms with Crippen molar-refractivity contribution in [2.45, 2.75) is 64.5 Å². The molecule has 0 aromatic rings. The Balaban J connectivity index is 2.54. The van der Waals surface area contributed by atoms with E-state index in [-0.39, 0.29) is 5.54 Å². The zero-order valence-corrected chi connectivity index (χ0v) is 9.64. The van der Waals surface area contributed by atoms with E-state index in [1.54, 1.807) is 0 Å². The van der Waals surface area contributed by atoms with Gasteiger partial charge in [0, 0.05) is 6.04 Å². The van der Waals surface area contributed by atoms with Gasteiger partial charge in [-0.05, 0) is 31.6 Å². The van der Waals surface area contributed by atoms with Gasteiger partial charge < -0.3 is 0 Å². The number of nitrogens with zero attached hydrogens (tertiary/aromatic N) is 1. The van der Waals surface area contributed by atoms with Crippen LogP contribution in [0.5, 0.6) is 0 Å². The van der Waals surface area contributed by atoms with Crippen LogP contribution in [0.25, 0.3) is 0 Å². The fourth-order valence-corrected chi connectivity index (χ4v) is 1.82. The standard InChI is InChI=1S/C12H22N2/c1-4-10(3)8-12(5-2,9-13)14-11-6-7-11/h10-11,14H,4-8H2,1-3H3. The smallest absolute Gasteiger partial charge is 0.106 e. The molecule has 1 N–H and O–H groups in total. The Hall–Kier alpha value is -0.550. The highest BCUT2D eigenvalue weighted by Gasteiger charge is 2.35. The summed E-state index contributed by atoms with van der Waals surface area (Å²) < 4.78 is 0. The summed E-state index contributed by atoms with van der Waals surface area (Å²) in [4.78, 5) is 0. The highest BCUT2D eigenvalue weighted by atomic mass is 15.0. The Bertz CT molecular complexity index is 215. The van der Waals surface area contributed by atoms with Gasteiger partial charge in [-0.15, -0.1) is 0 Å². The minimum absolute atomic E-state index is 0.253. The second-order valence-electron chi connectivity index (χ2n) is 4.68. The molecule has 2 heteroatoms. The van der Waals surface area contributed by atoms with Crippen LogP contribution in [0.3, 0.4) is 0 Å². The van der Waals surface area contributed by atoms with Crippen LogP contribution in [0.1, 0.15) is 52.9 Å². The third-order valence-corrected chi connectivity index (χ3v) is 3.27. The first-order valence-corrected chi connectivity index (χ1v) is 5.84. The van der Waals surface area contributed by atoms with Gasteiger partial charge in [-0.25, -0.2) is 0 Å². The Labute approximate surface area is 87.7 Å². The van der Waals surface area contributed by atoms with E-state index in [4.69, 9.17) is 0 Å². The van der Waals surface area contributed by atoms with Crippen LogP contribution >= 0.6 is 0 Å². The topological polar surface area (TPSA) is 35.8 Å². The largest absolute Gasteiger partial charge is 0.297 e. The fourth-order valence-electron chi connectivity index (χ4n) is 1.82. The van der Waals surface area contributed by atoms with Crippen molar-refractivity contribution in [3.63, 3.8) is 0 Å². The minimum atomic E-state index is -0.253. The SMILES string of the molecule is CCC(C)CC(C#N)(CC)NC1CC1. The van der Waals surface area contributed by atoms with Crippen molar-refractivity contribution in [3.05, 3.63) is 0 Å². The van der Waals surface area contributed by atoms with Crippen molar-refractivity contribution >= 4 is 0 Å². The van der Waals surface area contributed by atoms with Crippen molar-refractivity contribution in [2.75, 3.05) is 0 Å². The first kappa shape index (κ1) is 11.5. The lowest BCUT2D eigenvalue weighted by Gasteiger charge is -2.29. The summed E-state index contributed by atoms with van der Waals surface area (Å²) in [5.74, 6) is 0.640. The highest BCUT2D eigenvalue weighted by Crippen LogP contribution is 2.28. The number of nitriles is 1. The molecule has 0 aliphatic heterocycles. The molecule has 1 rings (SSSR count). The number of hydrogen-bond acceptors (Lipinski definition) is 2. The summed E-state index contributed by atoms with van der Waals surface area (Å²) >= 11 is 0. The van der Waals surface area contributed by atoms with Crippen molar-refractivity contribution in [1.82, 2.24) is 5.32 Å². The quantitative estimate of drug-likeness (QED) is 0.705. The molecule has 0 aromatic carbocycles. The summed E-state index contributed by atoms with van der Waals surface area (Å²) in [5, 5.41) is 12.8. The van der Waals surface area contributed by atoms with Gasteiger partial charge in [0.05, 0.1) is 6.07 Å². The maximum absolute atomic E-state index is 9.29. The zero-order chi connectivity index (χ0) is 10.6. The van der Waals surface area contributed by atoms with E-state index in [0.717, 1.165) is 19.3 Å².